The standard InChI is InChI=1S/C12H24N4O2S/c1-5-7-13-8-11-9-14-15-12(11)19(17,18)16(6-2)10(3)4/h9-10,13H,5-8H2,1-4H3,(H,14,15). The van der Waals surface area contributed by atoms with Crippen molar-refractivity contribution >= 4 is 10.0 Å². The van der Waals surface area contributed by atoms with E-state index in [1.165, 1.54) is 4.31 Å². The zero-order chi connectivity index (χ0) is 14.5. The van der Waals surface area contributed by atoms with Crippen LogP contribution >= 0.6 is 0 Å². The third kappa shape index (κ3) is 3.77. The number of nitrogens with zero attached hydrogens (tertiary/aromatic N) is 2. The van der Waals surface area contributed by atoms with Gasteiger partial charge >= 0.3 is 0 Å². The molecule has 0 amide bonds. The molecule has 6 nitrogen and oxygen atoms in total. The number of aromatic nitrogens is 2. The van der Waals surface area contributed by atoms with Crippen LogP contribution in [0, 0.1) is 0 Å². The molecule has 0 aliphatic rings. The number of rotatable bonds is 8. The number of H-pyrrole nitrogens is 1. The molecule has 0 radical (unpaired) electrons. The summed E-state index contributed by atoms with van der Waals surface area (Å²) in [5.41, 5.74) is 0.688. The van der Waals surface area contributed by atoms with Gasteiger partial charge in [0.1, 0.15) is 0 Å². The molecule has 0 saturated carbocycles. The fourth-order valence-electron chi connectivity index (χ4n) is 1.98. The molecule has 2 N–H and O–H groups in total. The summed E-state index contributed by atoms with van der Waals surface area (Å²) in [6.45, 7) is 9.45. The second-order valence-corrected chi connectivity index (χ2v) is 6.53. The molecule has 1 rings (SSSR count). The Bertz CT molecular complexity index is 482. The summed E-state index contributed by atoms with van der Waals surface area (Å²) in [7, 11) is -3.50. The van der Waals surface area contributed by atoms with E-state index >= 15 is 0 Å². The largest absolute Gasteiger partial charge is 0.313 e. The van der Waals surface area contributed by atoms with Crippen molar-refractivity contribution in [3.63, 3.8) is 0 Å². The highest BCUT2D eigenvalue weighted by Gasteiger charge is 2.29. The molecule has 0 fully saturated rings. The fraction of sp³-hybridized carbons (Fsp3) is 0.750. The Balaban J connectivity index is 2.98. The molecule has 7 heteroatoms. The van der Waals surface area contributed by atoms with Crippen molar-refractivity contribution in [2.75, 3.05) is 13.1 Å². The third-order valence-corrected chi connectivity index (χ3v) is 5.04. The predicted octanol–water partition coefficient (Wildman–Crippen LogP) is 1.33. The molecule has 19 heavy (non-hydrogen) atoms. The average Bonchev–Trinajstić information content (AvgIpc) is 2.78. The Morgan fingerprint density at radius 1 is 1.42 bits per heavy atom. The molecule has 0 aromatic carbocycles. The fourth-order valence-corrected chi connectivity index (χ4v) is 3.73. The maximum atomic E-state index is 12.5. The van der Waals surface area contributed by atoms with Gasteiger partial charge in [-0.05, 0) is 26.8 Å². The highest BCUT2D eigenvalue weighted by molar-refractivity contribution is 7.89. The summed E-state index contributed by atoms with van der Waals surface area (Å²) >= 11 is 0. The first kappa shape index (κ1) is 16.1. The van der Waals surface area contributed by atoms with E-state index in [0.717, 1.165) is 13.0 Å². The number of hydrogen-bond acceptors (Lipinski definition) is 4. The second-order valence-electron chi connectivity index (χ2n) is 4.70. The van der Waals surface area contributed by atoms with Crippen LogP contribution in [0.3, 0.4) is 0 Å². The van der Waals surface area contributed by atoms with Gasteiger partial charge in [-0.25, -0.2) is 8.42 Å². The number of hydrogen-bond donors (Lipinski definition) is 2. The quantitative estimate of drug-likeness (QED) is 0.707. The van der Waals surface area contributed by atoms with Crippen LogP contribution in [0.2, 0.25) is 0 Å². The van der Waals surface area contributed by atoms with Gasteiger partial charge in [0.25, 0.3) is 10.0 Å². The molecule has 0 aliphatic heterocycles. The van der Waals surface area contributed by atoms with Crippen molar-refractivity contribution < 1.29 is 8.42 Å². The van der Waals surface area contributed by atoms with Crippen molar-refractivity contribution in [1.82, 2.24) is 19.8 Å². The lowest BCUT2D eigenvalue weighted by Crippen LogP contribution is -2.37. The minimum Gasteiger partial charge on any atom is -0.313 e. The van der Waals surface area contributed by atoms with Gasteiger partial charge < -0.3 is 5.32 Å². The highest BCUT2D eigenvalue weighted by Crippen LogP contribution is 2.19. The van der Waals surface area contributed by atoms with Gasteiger partial charge in [0.2, 0.25) is 0 Å². The molecule has 0 saturated heterocycles. The van der Waals surface area contributed by atoms with Crippen molar-refractivity contribution in [3.8, 4) is 0 Å². The maximum absolute atomic E-state index is 12.5. The Labute approximate surface area is 115 Å². The summed E-state index contributed by atoms with van der Waals surface area (Å²) in [5.74, 6) is 0. The molecule has 1 aromatic rings. The summed E-state index contributed by atoms with van der Waals surface area (Å²) < 4.78 is 26.6. The number of sulfonamides is 1. The van der Waals surface area contributed by atoms with Gasteiger partial charge in [-0.1, -0.05) is 13.8 Å². The van der Waals surface area contributed by atoms with Crippen LogP contribution in [0.15, 0.2) is 11.2 Å². The van der Waals surface area contributed by atoms with Gasteiger partial charge in [0.05, 0.1) is 6.20 Å². The van der Waals surface area contributed by atoms with Crippen LogP contribution in [0.25, 0.3) is 0 Å². The van der Waals surface area contributed by atoms with Crippen LogP contribution in [-0.2, 0) is 16.6 Å². The van der Waals surface area contributed by atoms with Crippen LogP contribution in [0.4, 0.5) is 0 Å². The zero-order valence-corrected chi connectivity index (χ0v) is 12.9. The SMILES string of the molecule is CCCNCc1cn[nH]c1S(=O)(=O)N(CC)C(C)C. The molecule has 0 spiro atoms. The van der Waals surface area contributed by atoms with Crippen LogP contribution < -0.4 is 5.32 Å². The van der Waals surface area contributed by atoms with Gasteiger partial charge in [-0.15, -0.1) is 0 Å². The normalized spacial score (nSPS) is 12.5. The summed E-state index contributed by atoms with van der Waals surface area (Å²) in [4.78, 5) is 0. The molecule has 1 aromatic heterocycles. The van der Waals surface area contributed by atoms with Crippen molar-refractivity contribution in [2.45, 2.75) is 51.7 Å². The monoisotopic (exact) mass is 288 g/mol. The van der Waals surface area contributed by atoms with Gasteiger partial charge in [-0.2, -0.15) is 9.40 Å². The lowest BCUT2D eigenvalue weighted by Gasteiger charge is -2.24. The van der Waals surface area contributed by atoms with Gasteiger partial charge in [0.15, 0.2) is 5.03 Å². The van der Waals surface area contributed by atoms with E-state index in [1.54, 1.807) is 6.20 Å². The van der Waals surface area contributed by atoms with Crippen LogP contribution in [-0.4, -0.2) is 42.1 Å². The molecule has 0 bridgehead atoms. The molecule has 110 valence electrons. The van der Waals surface area contributed by atoms with E-state index in [9.17, 15) is 8.42 Å². The second kappa shape index (κ2) is 7.02. The minimum absolute atomic E-state index is 0.0743. The molecule has 0 atom stereocenters. The van der Waals surface area contributed by atoms with Crippen molar-refractivity contribution in [2.24, 2.45) is 0 Å². The zero-order valence-electron chi connectivity index (χ0n) is 12.1. The topological polar surface area (TPSA) is 78.1 Å². The van der Waals surface area contributed by atoms with E-state index in [1.807, 2.05) is 20.8 Å². The van der Waals surface area contributed by atoms with E-state index in [-0.39, 0.29) is 11.1 Å². The van der Waals surface area contributed by atoms with Gasteiger partial charge in [0, 0.05) is 24.7 Å². The first-order valence-electron chi connectivity index (χ1n) is 6.69. The van der Waals surface area contributed by atoms with E-state index in [4.69, 9.17) is 0 Å². The molecular formula is C12H24N4O2S. The van der Waals surface area contributed by atoms with E-state index in [0.29, 0.717) is 18.7 Å². The molecule has 1 heterocycles. The maximum Gasteiger partial charge on any atom is 0.260 e. The molecule has 0 unspecified atom stereocenters. The minimum atomic E-state index is -3.50. The Kier molecular flexibility index (Phi) is 5.96. The van der Waals surface area contributed by atoms with E-state index in [2.05, 4.69) is 22.4 Å². The number of aromatic amines is 1. The third-order valence-electron chi connectivity index (χ3n) is 2.87. The first-order valence-corrected chi connectivity index (χ1v) is 8.13. The summed E-state index contributed by atoms with van der Waals surface area (Å²) in [6.07, 6.45) is 2.58. The van der Waals surface area contributed by atoms with Crippen LogP contribution in [0.1, 0.15) is 39.7 Å². The van der Waals surface area contributed by atoms with Crippen LogP contribution in [0.5, 0.6) is 0 Å². The molecular weight excluding hydrogens is 264 g/mol. The first-order chi connectivity index (χ1) is 8.95. The average molecular weight is 288 g/mol. The highest BCUT2D eigenvalue weighted by atomic mass is 32.2. The summed E-state index contributed by atoms with van der Waals surface area (Å²) in [5, 5.41) is 9.89. The van der Waals surface area contributed by atoms with Crippen molar-refractivity contribution in [1.29, 1.82) is 0 Å². The van der Waals surface area contributed by atoms with Crippen molar-refractivity contribution in [3.05, 3.63) is 11.8 Å². The van der Waals surface area contributed by atoms with Gasteiger partial charge in [-0.3, -0.25) is 5.10 Å². The lowest BCUT2D eigenvalue weighted by molar-refractivity contribution is 0.367. The smallest absolute Gasteiger partial charge is 0.260 e. The Morgan fingerprint density at radius 3 is 2.63 bits per heavy atom. The molecule has 0 aliphatic carbocycles. The predicted molar refractivity (Wildman–Crippen MR) is 75.3 cm³/mol. The Hall–Kier alpha value is -0.920. The Morgan fingerprint density at radius 2 is 2.11 bits per heavy atom. The summed E-state index contributed by atoms with van der Waals surface area (Å²) in [6, 6.07) is -0.0743. The number of nitrogens with one attached hydrogen (secondary N) is 2. The lowest BCUT2D eigenvalue weighted by atomic mass is 10.3. The van der Waals surface area contributed by atoms with E-state index < -0.39 is 10.0 Å².